The molecule has 0 aliphatic carbocycles. The lowest BCUT2D eigenvalue weighted by molar-refractivity contribution is 1.29. The zero-order valence-electron chi connectivity index (χ0n) is 18.5. The predicted molar refractivity (Wildman–Crippen MR) is 139 cm³/mol. The summed E-state index contributed by atoms with van der Waals surface area (Å²) in [5.74, 6) is 0. The maximum atomic E-state index is 5.00. The van der Waals surface area contributed by atoms with Crippen LogP contribution in [-0.4, -0.2) is 15.0 Å². The van der Waals surface area contributed by atoms with Gasteiger partial charge < -0.3 is 0 Å². The molecule has 0 fully saturated rings. The molecular weight excluding hydrogens is 414 g/mol. The molecule has 34 heavy (non-hydrogen) atoms. The van der Waals surface area contributed by atoms with Gasteiger partial charge in [0.2, 0.25) is 0 Å². The van der Waals surface area contributed by atoms with Crippen molar-refractivity contribution in [1.29, 1.82) is 0 Å². The minimum absolute atomic E-state index is 0.892. The van der Waals surface area contributed by atoms with Gasteiger partial charge in [0, 0.05) is 23.5 Å². The minimum Gasteiger partial charge on any atom is -0.264 e. The van der Waals surface area contributed by atoms with Gasteiger partial charge in [-0.25, -0.2) is 9.97 Å². The van der Waals surface area contributed by atoms with Crippen LogP contribution < -0.4 is 0 Å². The molecule has 3 heteroatoms. The molecule has 0 saturated heterocycles. The first-order valence-electron chi connectivity index (χ1n) is 11.3. The fraction of sp³-hybridized carbons (Fsp3) is 0. The lowest BCUT2D eigenvalue weighted by Gasteiger charge is -2.11. The van der Waals surface area contributed by atoms with Crippen molar-refractivity contribution in [3.63, 3.8) is 0 Å². The van der Waals surface area contributed by atoms with E-state index in [1.807, 2.05) is 54.7 Å². The molecule has 0 radical (unpaired) electrons. The van der Waals surface area contributed by atoms with Crippen LogP contribution in [-0.2, 0) is 0 Å². The van der Waals surface area contributed by atoms with Gasteiger partial charge in [-0.1, -0.05) is 97.1 Å². The minimum atomic E-state index is 0.892. The van der Waals surface area contributed by atoms with Gasteiger partial charge in [0.15, 0.2) is 0 Å². The summed E-state index contributed by atoms with van der Waals surface area (Å²) < 4.78 is 0. The van der Waals surface area contributed by atoms with E-state index in [0.717, 1.165) is 50.2 Å². The summed E-state index contributed by atoms with van der Waals surface area (Å²) >= 11 is 0. The van der Waals surface area contributed by atoms with E-state index in [1.54, 1.807) is 6.20 Å². The molecule has 0 saturated carbocycles. The number of rotatable bonds is 4. The van der Waals surface area contributed by atoms with Crippen LogP contribution in [0.5, 0.6) is 0 Å². The molecule has 0 unspecified atom stereocenters. The zero-order chi connectivity index (χ0) is 22.7. The van der Waals surface area contributed by atoms with Crippen LogP contribution in [0.4, 0.5) is 0 Å². The first-order chi connectivity index (χ1) is 16.8. The molecule has 0 aliphatic rings. The Balaban J connectivity index is 1.38. The van der Waals surface area contributed by atoms with Crippen LogP contribution in [0.15, 0.2) is 128 Å². The third-order valence-electron chi connectivity index (χ3n) is 5.99. The second-order valence-electron chi connectivity index (χ2n) is 8.17. The van der Waals surface area contributed by atoms with Crippen LogP contribution in [0, 0.1) is 0 Å². The second-order valence-corrected chi connectivity index (χ2v) is 8.17. The number of benzene rings is 4. The molecule has 0 bridgehead atoms. The molecule has 0 atom stereocenters. The Hall–Kier alpha value is -4.63. The molecule has 0 spiro atoms. The summed E-state index contributed by atoms with van der Waals surface area (Å²) in [5.41, 5.74) is 10.3. The number of pyridine rings is 1. The van der Waals surface area contributed by atoms with Crippen molar-refractivity contribution in [1.82, 2.24) is 15.0 Å². The van der Waals surface area contributed by atoms with Crippen LogP contribution in [0.2, 0.25) is 0 Å². The van der Waals surface area contributed by atoms with Crippen molar-refractivity contribution in [2.75, 3.05) is 0 Å². The van der Waals surface area contributed by atoms with E-state index in [2.05, 4.69) is 71.7 Å². The standard InChI is InChI=1S/C31H21N3/c1-2-7-25(8-3-1)30-31(34-29-11-5-4-10-28(29)33-30)26-18-16-23(17-19-26)22-12-14-24(15-13-22)27-9-6-20-32-21-27/h1-21H. The van der Waals surface area contributed by atoms with Gasteiger partial charge in [0.1, 0.15) is 0 Å². The Morgan fingerprint density at radius 3 is 1.32 bits per heavy atom. The van der Waals surface area contributed by atoms with Crippen molar-refractivity contribution in [2.45, 2.75) is 0 Å². The summed E-state index contributed by atoms with van der Waals surface area (Å²) in [5, 5.41) is 0. The van der Waals surface area contributed by atoms with E-state index in [-0.39, 0.29) is 0 Å². The number of hydrogen-bond acceptors (Lipinski definition) is 3. The van der Waals surface area contributed by atoms with Gasteiger partial charge in [-0.15, -0.1) is 0 Å². The fourth-order valence-corrected chi connectivity index (χ4v) is 4.21. The van der Waals surface area contributed by atoms with Crippen LogP contribution in [0.1, 0.15) is 0 Å². The lowest BCUT2D eigenvalue weighted by Crippen LogP contribution is -1.95. The highest BCUT2D eigenvalue weighted by Crippen LogP contribution is 2.32. The van der Waals surface area contributed by atoms with Gasteiger partial charge >= 0.3 is 0 Å². The van der Waals surface area contributed by atoms with Crippen LogP contribution in [0.25, 0.3) is 55.8 Å². The van der Waals surface area contributed by atoms with Crippen molar-refractivity contribution in [2.24, 2.45) is 0 Å². The molecule has 160 valence electrons. The average Bonchev–Trinajstić information content (AvgIpc) is 2.93. The number of nitrogens with zero attached hydrogens (tertiary/aromatic N) is 3. The van der Waals surface area contributed by atoms with Gasteiger partial charge in [0.25, 0.3) is 0 Å². The van der Waals surface area contributed by atoms with Crippen LogP contribution in [0.3, 0.4) is 0 Å². The maximum absolute atomic E-state index is 5.00. The van der Waals surface area contributed by atoms with Crippen molar-refractivity contribution in [3.8, 4) is 44.8 Å². The predicted octanol–water partition coefficient (Wildman–Crippen LogP) is 7.69. The molecule has 0 amide bonds. The van der Waals surface area contributed by atoms with E-state index in [4.69, 9.17) is 9.97 Å². The number of fused-ring (bicyclic) bond motifs is 1. The Bertz CT molecular complexity index is 1560. The number of aromatic nitrogens is 3. The quantitative estimate of drug-likeness (QED) is 0.285. The normalized spacial score (nSPS) is 10.9. The summed E-state index contributed by atoms with van der Waals surface area (Å²) in [6.07, 6.45) is 3.68. The molecular formula is C31H21N3. The van der Waals surface area contributed by atoms with Gasteiger partial charge in [-0.2, -0.15) is 0 Å². The Morgan fingerprint density at radius 1 is 0.353 bits per heavy atom. The van der Waals surface area contributed by atoms with E-state index in [9.17, 15) is 0 Å². The molecule has 4 aromatic carbocycles. The Labute approximate surface area is 198 Å². The highest BCUT2D eigenvalue weighted by molar-refractivity contribution is 5.86. The van der Waals surface area contributed by atoms with E-state index in [0.29, 0.717) is 0 Å². The van der Waals surface area contributed by atoms with Gasteiger partial charge in [0.05, 0.1) is 22.4 Å². The Morgan fingerprint density at radius 2 is 0.794 bits per heavy atom. The molecule has 6 aromatic rings. The largest absolute Gasteiger partial charge is 0.264 e. The third-order valence-corrected chi connectivity index (χ3v) is 5.99. The number of hydrogen-bond donors (Lipinski definition) is 0. The monoisotopic (exact) mass is 435 g/mol. The molecule has 6 rings (SSSR count). The van der Waals surface area contributed by atoms with Gasteiger partial charge in [-0.05, 0) is 40.5 Å². The second kappa shape index (κ2) is 8.72. The first kappa shape index (κ1) is 20.0. The molecule has 3 nitrogen and oxygen atoms in total. The molecule has 0 N–H and O–H groups in total. The SMILES string of the molecule is c1ccc(-c2nc3ccccc3nc2-c2ccc(-c3ccc(-c4cccnc4)cc3)cc2)cc1. The summed E-state index contributed by atoms with van der Waals surface area (Å²) in [4.78, 5) is 14.2. The molecule has 2 aromatic heterocycles. The highest BCUT2D eigenvalue weighted by atomic mass is 14.8. The van der Waals surface area contributed by atoms with Gasteiger partial charge in [-0.3, -0.25) is 4.98 Å². The summed E-state index contributed by atoms with van der Waals surface area (Å²) in [7, 11) is 0. The number of para-hydroxylation sites is 2. The topological polar surface area (TPSA) is 38.7 Å². The summed E-state index contributed by atoms with van der Waals surface area (Å²) in [6.45, 7) is 0. The van der Waals surface area contributed by atoms with E-state index < -0.39 is 0 Å². The summed E-state index contributed by atoms with van der Waals surface area (Å²) in [6, 6.07) is 39.5. The van der Waals surface area contributed by atoms with Crippen molar-refractivity contribution < 1.29 is 0 Å². The van der Waals surface area contributed by atoms with Crippen molar-refractivity contribution in [3.05, 3.63) is 128 Å². The zero-order valence-corrected chi connectivity index (χ0v) is 18.5. The Kier molecular flexibility index (Phi) is 5.13. The van der Waals surface area contributed by atoms with E-state index in [1.165, 1.54) is 5.56 Å². The van der Waals surface area contributed by atoms with Crippen LogP contribution >= 0.6 is 0 Å². The third kappa shape index (κ3) is 3.84. The average molecular weight is 436 g/mol. The molecule has 2 heterocycles. The molecule has 0 aliphatic heterocycles. The highest BCUT2D eigenvalue weighted by Gasteiger charge is 2.13. The first-order valence-corrected chi connectivity index (χ1v) is 11.3. The van der Waals surface area contributed by atoms with Crippen molar-refractivity contribution >= 4 is 11.0 Å². The van der Waals surface area contributed by atoms with E-state index >= 15 is 0 Å². The fourth-order valence-electron chi connectivity index (χ4n) is 4.21. The smallest absolute Gasteiger partial charge is 0.0973 e. The lowest BCUT2D eigenvalue weighted by atomic mass is 9.98. The maximum Gasteiger partial charge on any atom is 0.0973 e.